The molecule has 1 aromatic heterocycles. The summed E-state index contributed by atoms with van der Waals surface area (Å²) in [6, 6.07) is 19.2. The summed E-state index contributed by atoms with van der Waals surface area (Å²) in [6.07, 6.45) is 1.22. The number of benzene rings is 3. The van der Waals surface area contributed by atoms with E-state index in [1.165, 1.54) is 37.7 Å². The Hall–Kier alpha value is -3.69. The molecule has 8 nitrogen and oxygen atoms in total. The lowest BCUT2D eigenvalue weighted by Crippen LogP contribution is -2.26. The molecule has 0 aliphatic heterocycles. The van der Waals surface area contributed by atoms with Crippen molar-refractivity contribution >= 4 is 38.9 Å². The average Bonchev–Trinajstić information content (AvgIpc) is 3.34. The first-order valence-electron chi connectivity index (χ1n) is 9.37. The Labute approximate surface area is 189 Å². The molecular weight excluding hydrogens is 452 g/mol. The van der Waals surface area contributed by atoms with Crippen LogP contribution < -0.4 is 9.62 Å². The van der Waals surface area contributed by atoms with E-state index in [1.54, 1.807) is 48.5 Å². The normalized spacial score (nSPS) is 11.2. The minimum atomic E-state index is -3.91. The molecule has 0 atom stereocenters. The third-order valence-corrected chi connectivity index (χ3v) is 6.67. The molecule has 162 valence electrons. The molecule has 1 N–H and O–H groups in total. The molecule has 1 amide bonds. The molecule has 0 saturated heterocycles. The first-order chi connectivity index (χ1) is 15.3. The van der Waals surface area contributed by atoms with Crippen molar-refractivity contribution in [3.63, 3.8) is 0 Å². The van der Waals surface area contributed by atoms with Crippen molar-refractivity contribution in [2.24, 2.45) is 0 Å². The second-order valence-corrected chi connectivity index (χ2v) is 9.16. The van der Waals surface area contributed by atoms with Crippen molar-refractivity contribution in [2.75, 3.05) is 16.7 Å². The minimum absolute atomic E-state index is 0.0211. The molecule has 4 rings (SSSR count). The monoisotopic (exact) mass is 468 g/mol. The van der Waals surface area contributed by atoms with Crippen LogP contribution in [0.1, 0.15) is 10.4 Å². The van der Waals surface area contributed by atoms with E-state index in [1.807, 2.05) is 0 Å². The molecule has 0 bridgehead atoms. The van der Waals surface area contributed by atoms with Crippen molar-refractivity contribution in [1.29, 1.82) is 0 Å². The van der Waals surface area contributed by atoms with E-state index in [9.17, 15) is 13.2 Å². The van der Waals surface area contributed by atoms with Gasteiger partial charge in [0.15, 0.2) is 0 Å². The molecular formula is C22H17ClN4O4S. The van der Waals surface area contributed by atoms with Gasteiger partial charge in [0.2, 0.25) is 12.3 Å². The first-order valence-corrected chi connectivity index (χ1v) is 11.2. The lowest BCUT2D eigenvalue weighted by molar-refractivity contribution is 0.102. The second kappa shape index (κ2) is 8.81. The van der Waals surface area contributed by atoms with Gasteiger partial charge >= 0.3 is 0 Å². The first kappa shape index (κ1) is 21.5. The number of nitrogens with one attached hydrogen (secondary N) is 1. The Balaban J connectivity index is 1.57. The maximum absolute atomic E-state index is 13.1. The van der Waals surface area contributed by atoms with E-state index >= 15 is 0 Å². The van der Waals surface area contributed by atoms with Gasteiger partial charge in [-0.2, -0.15) is 0 Å². The summed E-state index contributed by atoms with van der Waals surface area (Å²) in [5, 5.41) is 10.6. The van der Waals surface area contributed by atoms with Crippen LogP contribution in [0.3, 0.4) is 0 Å². The molecule has 10 heteroatoms. The maximum Gasteiger partial charge on any atom is 0.264 e. The summed E-state index contributed by atoms with van der Waals surface area (Å²) in [4.78, 5) is 12.8. The van der Waals surface area contributed by atoms with E-state index < -0.39 is 15.9 Å². The largest absolute Gasteiger partial charge is 0.423 e. The van der Waals surface area contributed by atoms with Gasteiger partial charge in [-0.05, 0) is 54.6 Å². The zero-order valence-electron chi connectivity index (χ0n) is 16.8. The van der Waals surface area contributed by atoms with Crippen LogP contribution in [0, 0.1) is 0 Å². The fourth-order valence-corrected chi connectivity index (χ4v) is 4.42. The Morgan fingerprint density at radius 1 is 1.03 bits per heavy atom. The molecule has 1 heterocycles. The number of carbonyl (C=O) groups excluding carboxylic acids is 1. The fourth-order valence-electron chi connectivity index (χ4n) is 3.00. The van der Waals surface area contributed by atoms with Gasteiger partial charge in [-0.15, -0.1) is 10.2 Å². The zero-order chi connectivity index (χ0) is 22.7. The van der Waals surface area contributed by atoms with Gasteiger partial charge in [0.1, 0.15) is 0 Å². The summed E-state index contributed by atoms with van der Waals surface area (Å²) >= 11 is 5.98. The van der Waals surface area contributed by atoms with Crippen LogP contribution in [-0.4, -0.2) is 31.6 Å². The zero-order valence-corrected chi connectivity index (χ0v) is 18.3. The molecule has 3 aromatic carbocycles. The van der Waals surface area contributed by atoms with Gasteiger partial charge < -0.3 is 9.73 Å². The lowest BCUT2D eigenvalue weighted by Gasteiger charge is -2.20. The highest BCUT2D eigenvalue weighted by Crippen LogP contribution is 2.26. The number of sulfonamides is 1. The van der Waals surface area contributed by atoms with Crippen LogP contribution >= 0.6 is 11.6 Å². The van der Waals surface area contributed by atoms with Crippen molar-refractivity contribution in [2.45, 2.75) is 4.90 Å². The highest BCUT2D eigenvalue weighted by atomic mass is 35.5. The predicted molar refractivity (Wildman–Crippen MR) is 121 cm³/mol. The van der Waals surface area contributed by atoms with E-state index in [-0.39, 0.29) is 10.5 Å². The van der Waals surface area contributed by atoms with Crippen LogP contribution in [0.4, 0.5) is 11.4 Å². The number of nitrogens with zero attached hydrogens (tertiary/aromatic N) is 3. The van der Waals surface area contributed by atoms with E-state index in [0.717, 1.165) is 4.31 Å². The highest BCUT2D eigenvalue weighted by molar-refractivity contribution is 7.92. The van der Waals surface area contributed by atoms with Crippen molar-refractivity contribution in [1.82, 2.24) is 10.2 Å². The van der Waals surface area contributed by atoms with Gasteiger partial charge in [0.25, 0.3) is 15.9 Å². The van der Waals surface area contributed by atoms with Gasteiger partial charge in [-0.1, -0.05) is 29.8 Å². The topological polar surface area (TPSA) is 105 Å². The number of rotatable bonds is 6. The minimum Gasteiger partial charge on any atom is -0.423 e. The maximum atomic E-state index is 13.1. The number of carbonyl (C=O) groups is 1. The molecule has 0 fully saturated rings. The highest BCUT2D eigenvalue weighted by Gasteiger charge is 2.22. The third-order valence-electron chi connectivity index (χ3n) is 4.65. The molecule has 0 unspecified atom stereocenters. The summed E-state index contributed by atoms with van der Waals surface area (Å²) in [6.45, 7) is 0. The van der Waals surface area contributed by atoms with E-state index in [2.05, 4.69) is 15.5 Å². The second-order valence-electron chi connectivity index (χ2n) is 6.76. The third kappa shape index (κ3) is 4.48. The predicted octanol–water partition coefficient (Wildman–Crippen LogP) is 4.47. The lowest BCUT2D eigenvalue weighted by atomic mass is 10.1. The molecule has 32 heavy (non-hydrogen) atoms. The molecule has 0 aliphatic rings. The molecule has 4 aromatic rings. The summed E-state index contributed by atoms with van der Waals surface area (Å²) < 4.78 is 32.4. The molecule has 0 spiro atoms. The summed E-state index contributed by atoms with van der Waals surface area (Å²) in [5.74, 6) is -0.145. The number of aromatic nitrogens is 2. The Morgan fingerprint density at radius 2 is 1.81 bits per heavy atom. The fraction of sp³-hybridized carbons (Fsp3) is 0.0455. The average molecular weight is 469 g/mol. The van der Waals surface area contributed by atoms with Gasteiger partial charge in [0, 0.05) is 28.9 Å². The molecule has 0 aliphatic carbocycles. The Bertz CT molecular complexity index is 1370. The van der Waals surface area contributed by atoms with Gasteiger partial charge in [-0.25, -0.2) is 8.42 Å². The van der Waals surface area contributed by atoms with Crippen LogP contribution in [0.2, 0.25) is 5.02 Å². The van der Waals surface area contributed by atoms with Gasteiger partial charge in [0.05, 0.1) is 10.6 Å². The number of anilines is 2. The number of hydrogen-bond donors (Lipinski definition) is 1. The van der Waals surface area contributed by atoms with Crippen molar-refractivity contribution in [3.8, 4) is 11.5 Å². The van der Waals surface area contributed by atoms with Crippen LogP contribution in [0.15, 0.2) is 88.5 Å². The van der Waals surface area contributed by atoms with E-state index in [0.29, 0.717) is 27.9 Å². The smallest absolute Gasteiger partial charge is 0.264 e. The Morgan fingerprint density at radius 3 is 2.56 bits per heavy atom. The standard InChI is InChI=1S/C22H17ClN4O4S/c1-27(19-9-4-7-17(23)13-19)32(29,30)20-10-3-5-15(12-20)21(28)25-18-8-2-6-16(11-18)22-26-24-14-31-22/h2-14H,1H3,(H,25,28). The SMILES string of the molecule is CN(c1cccc(Cl)c1)S(=O)(=O)c1cccc(C(=O)Nc2cccc(-c3nnco3)c2)c1. The Kier molecular flexibility index (Phi) is 5.93. The van der Waals surface area contributed by atoms with Gasteiger partial charge in [-0.3, -0.25) is 9.10 Å². The molecule has 0 saturated carbocycles. The van der Waals surface area contributed by atoms with Crippen LogP contribution in [0.5, 0.6) is 0 Å². The number of halogens is 1. The quantitative estimate of drug-likeness (QED) is 0.447. The molecule has 0 radical (unpaired) electrons. The summed E-state index contributed by atoms with van der Waals surface area (Å²) in [5.41, 5.74) is 1.73. The summed E-state index contributed by atoms with van der Waals surface area (Å²) in [7, 11) is -2.48. The van der Waals surface area contributed by atoms with Crippen molar-refractivity contribution < 1.29 is 17.6 Å². The number of amides is 1. The number of hydrogen-bond acceptors (Lipinski definition) is 6. The van der Waals surface area contributed by atoms with Crippen LogP contribution in [0.25, 0.3) is 11.5 Å². The van der Waals surface area contributed by atoms with Crippen LogP contribution in [-0.2, 0) is 10.0 Å². The van der Waals surface area contributed by atoms with E-state index in [4.69, 9.17) is 16.0 Å². The van der Waals surface area contributed by atoms with Crippen molar-refractivity contribution in [3.05, 3.63) is 89.8 Å².